The van der Waals surface area contributed by atoms with Gasteiger partial charge in [0, 0.05) is 23.5 Å². The molecule has 0 fully saturated rings. The normalized spacial score (nSPS) is 12.5. The van der Waals surface area contributed by atoms with Crippen molar-refractivity contribution in [2.24, 2.45) is 0 Å². The number of thiocarbonyl (C=S) groups is 1. The molecule has 0 unspecified atom stereocenters. The molecule has 3 rings (SSSR count). The SMILES string of the molecule is O=[N+]([O-])c1cccc(NC(=S)Nc2ccc3c(c2)CCC3)c1. The lowest BCUT2D eigenvalue weighted by Crippen LogP contribution is -2.19. The first kappa shape index (κ1) is 14.5. The van der Waals surface area contributed by atoms with Crippen molar-refractivity contribution in [1.82, 2.24) is 0 Å². The highest BCUT2D eigenvalue weighted by Gasteiger charge is 2.11. The summed E-state index contributed by atoms with van der Waals surface area (Å²) in [7, 11) is 0. The number of anilines is 2. The van der Waals surface area contributed by atoms with Gasteiger partial charge in [0.2, 0.25) is 0 Å². The van der Waals surface area contributed by atoms with E-state index in [0.29, 0.717) is 10.8 Å². The van der Waals surface area contributed by atoms with Crippen molar-refractivity contribution in [2.45, 2.75) is 19.3 Å². The molecule has 2 aromatic rings. The molecule has 6 heteroatoms. The maximum Gasteiger partial charge on any atom is 0.271 e. The van der Waals surface area contributed by atoms with Gasteiger partial charge in [0.25, 0.3) is 5.69 Å². The summed E-state index contributed by atoms with van der Waals surface area (Å²) in [4.78, 5) is 10.3. The monoisotopic (exact) mass is 313 g/mol. The zero-order valence-electron chi connectivity index (χ0n) is 11.8. The van der Waals surface area contributed by atoms with Crippen molar-refractivity contribution in [1.29, 1.82) is 0 Å². The van der Waals surface area contributed by atoms with Crippen LogP contribution < -0.4 is 10.6 Å². The van der Waals surface area contributed by atoms with Crippen LogP contribution in [0.5, 0.6) is 0 Å². The Balaban J connectivity index is 1.67. The van der Waals surface area contributed by atoms with Crippen molar-refractivity contribution in [2.75, 3.05) is 10.6 Å². The first-order chi connectivity index (χ1) is 10.6. The smallest absolute Gasteiger partial charge is 0.271 e. The van der Waals surface area contributed by atoms with E-state index in [1.807, 2.05) is 6.07 Å². The molecule has 0 aliphatic heterocycles. The molecule has 0 atom stereocenters. The molecule has 2 N–H and O–H groups in total. The van der Waals surface area contributed by atoms with Gasteiger partial charge in [-0.05, 0) is 60.8 Å². The van der Waals surface area contributed by atoms with Crippen LogP contribution in [0, 0.1) is 10.1 Å². The van der Waals surface area contributed by atoms with E-state index in [2.05, 4.69) is 22.8 Å². The third kappa shape index (κ3) is 3.23. The number of nitro benzene ring substituents is 1. The molecule has 0 heterocycles. The number of hydrogen-bond acceptors (Lipinski definition) is 3. The number of non-ortho nitro benzene ring substituents is 1. The number of benzene rings is 2. The number of fused-ring (bicyclic) bond motifs is 1. The zero-order chi connectivity index (χ0) is 15.5. The standard InChI is InChI=1S/C16H15N3O2S/c20-19(21)15-6-2-5-13(10-15)17-16(22)18-14-8-7-11-3-1-4-12(11)9-14/h2,5-10H,1,3-4H2,(H2,17,18,22). The van der Waals surface area contributed by atoms with Crippen molar-refractivity contribution < 1.29 is 4.92 Å². The zero-order valence-corrected chi connectivity index (χ0v) is 12.7. The van der Waals surface area contributed by atoms with Crippen LogP contribution in [0.25, 0.3) is 0 Å². The Hall–Kier alpha value is -2.47. The first-order valence-corrected chi connectivity index (χ1v) is 7.47. The number of nitrogens with one attached hydrogen (secondary N) is 2. The number of aryl methyl sites for hydroxylation is 2. The highest BCUT2D eigenvalue weighted by Crippen LogP contribution is 2.25. The predicted molar refractivity (Wildman–Crippen MR) is 91.4 cm³/mol. The molecule has 22 heavy (non-hydrogen) atoms. The van der Waals surface area contributed by atoms with E-state index in [1.165, 1.54) is 29.7 Å². The molecule has 112 valence electrons. The lowest BCUT2D eigenvalue weighted by Gasteiger charge is -2.11. The van der Waals surface area contributed by atoms with Crippen molar-refractivity contribution in [3.8, 4) is 0 Å². The number of nitro groups is 1. The minimum absolute atomic E-state index is 0.0327. The summed E-state index contributed by atoms with van der Waals surface area (Å²) >= 11 is 5.26. The van der Waals surface area contributed by atoms with Crippen LogP contribution in [-0.2, 0) is 12.8 Å². The van der Waals surface area contributed by atoms with Gasteiger partial charge in [-0.3, -0.25) is 10.1 Å². The Morgan fingerprint density at radius 2 is 1.77 bits per heavy atom. The molecule has 0 bridgehead atoms. The van der Waals surface area contributed by atoms with Crippen LogP contribution in [0.2, 0.25) is 0 Å². The Morgan fingerprint density at radius 3 is 2.55 bits per heavy atom. The number of rotatable bonds is 3. The van der Waals surface area contributed by atoms with Crippen LogP contribution in [-0.4, -0.2) is 10.0 Å². The molecular formula is C16H15N3O2S. The maximum atomic E-state index is 10.8. The molecule has 0 radical (unpaired) electrons. The topological polar surface area (TPSA) is 67.2 Å². The third-order valence-corrected chi connectivity index (χ3v) is 3.88. The summed E-state index contributed by atoms with van der Waals surface area (Å²) in [5.74, 6) is 0. The average molecular weight is 313 g/mol. The van der Waals surface area contributed by atoms with E-state index in [0.717, 1.165) is 18.5 Å². The van der Waals surface area contributed by atoms with Gasteiger partial charge in [0.1, 0.15) is 0 Å². The van der Waals surface area contributed by atoms with Gasteiger partial charge in [-0.2, -0.15) is 0 Å². The van der Waals surface area contributed by atoms with Gasteiger partial charge < -0.3 is 10.6 Å². The van der Waals surface area contributed by atoms with Gasteiger partial charge in [0.15, 0.2) is 5.11 Å². The molecule has 2 aromatic carbocycles. The van der Waals surface area contributed by atoms with Crippen LogP contribution in [0.15, 0.2) is 42.5 Å². The van der Waals surface area contributed by atoms with Crippen molar-refractivity contribution >= 4 is 34.4 Å². The van der Waals surface area contributed by atoms with Crippen molar-refractivity contribution in [3.05, 3.63) is 63.7 Å². The Labute approximate surface area is 133 Å². The van der Waals surface area contributed by atoms with Gasteiger partial charge >= 0.3 is 0 Å². The maximum absolute atomic E-state index is 10.8. The third-order valence-electron chi connectivity index (χ3n) is 3.67. The Kier molecular flexibility index (Phi) is 4.02. The highest BCUT2D eigenvalue weighted by molar-refractivity contribution is 7.80. The van der Waals surface area contributed by atoms with Gasteiger partial charge in [-0.15, -0.1) is 0 Å². The molecule has 0 amide bonds. The second kappa shape index (κ2) is 6.11. The summed E-state index contributed by atoms with van der Waals surface area (Å²) in [5.41, 5.74) is 4.33. The quantitative estimate of drug-likeness (QED) is 0.511. The average Bonchev–Trinajstić information content (AvgIpc) is 2.95. The van der Waals surface area contributed by atoms with Gasteiger partial charge in [-0.25, -0.2) is 0 Å². The Morgan fingerprint density at radius 1 is 1.05 bits per heavy atom. The fourth-order valence-corrected chi connectivity index (χ4v) is 2.88. The molecule has 0 saturated carbocycles. The van der Waals surface area contributed by atoms with Crippen LogP contribution in [0.1, 0.15) is 17.5 Å². The summed E-state index contributed by atoms with van der Waals surface area (Å²) in [6, 6.07) is 12.5. The molecule has 1 aliphatic carbocycles. The molecule has 0 aromatic heterocycles. The Bertz CT molecular complexity index is 746. The van der Waals surface area contributed by atoms with Gasteiger partial charge in [0.05, 0.1) is 4.92 Å². The molecule has 0 spiro atoms. The lowest BCUT2D eigenvalue weighted by molar-refractivity contribution is -0.384. The molecule has 0 saturated heterocycles. The molecule has 5 nitrogen and oxygen atoms in total. The highest BCUT2D eigenvalue weighted by atomic mass is 32.1. The van der Waals surface area contributed by atoms with E-state index in [9.17, 15) is 10.1 Å². The second-order valence-corrected chi connectivity index (χ2v) is 5.63. The van der Waals surface area contributed by atoms with Crippen LogP contribution in [0.4, 0.5) is 17.1 Å². The van der Waals surface area contributed by atoms with Crippen molar-refractivity contribution in [3.63, 3.8) is 0 Å². The first-order valence-electron chi connectivity index (χ1n) is 7.06. The summed E-state index contributed by atoms with van der Waals surface area (Å²) in [6.45, 7) is 0. The summed E-state index contributed by atoms with van der Waals surface area (Å²) in [5, 5.41) is 17.3. The minimum atomic E-state index is -0.428. The van der Waals surface area contributed by atoms with E-state index < -0.39 is 4.92 Å². The largest absolute Gasteiger partial charge is 0.332 e. The molecular weight excluding hydrogens is 298 g/mol. The minimum Gasteiger partial charge on any atom is -0.332 e. The van der Waals surface area contributed by atoms with E-state index in [1.54, 1.807) is 12.1 Å². The fourth-order valence-electron chi connectivity index (χ4n) is 2.64. The number of hydrogen-bond donors (Lipinski definition) is 2. The van der Waals surface area contributed by atoms with Crippen LogP contribution in [0.3, 0.4) is 0 Å². The van der Waals surface area contributed by atoms with E-state index in [4.69, 9.17) is 12.2 Å². The summed E-state index contributed by atoms with van der Waals surface area (Å²) < 4.78 is 0. The number of nitrogens with zero attached hydrogens (tertiary/aromatic N) is 1. The fraction of sp³-hybridized carbons (Fsp3) is 0.188. The van der Waals surface area contributed by atoms with E-state index in [-0.39, 0.29) is 5.69 Å². The predicted octanol–water partition coefficient (Wildman–Crippen LogP) is 3.89. The second-order valence-electron chi connectivity index (χ2n) is 5.22. The lowest BCUT2D eigenvalue weighted by atomic mass is 10.1. The van der Waals surface area contributed by atoms with E-state index >= 15 is 0 Å². The van der Waals surface area contributed by atoms with Gasteiger partial charge in [-0.1, -0.05) is 12.1 Å². The van der Waals surface area contributed by atoms with Crippen LogP contribution >= 0.6 is 12.2 Å². The summed E-state index contributed by atoms with van der Waals surface area (Å²) in [6.07, 6.45) is 3.46. The molecule has 1 aliphatic rings.